The van der Waals surface area contributed by atoms with E-state index in [1.807, 2.05) is 22.7 Å². The van der Waals surface area contributed by atoms with E-state index in [0.717, 1.165) is 0 Å². The molecule has 154 valence electrons. The minimum Gasteiger partial charge on any atom is -0.135 e. The lowest BCUT2D eigenvalue weighted by atomic mass is 10.0. The summed E-state index contributed by atoms with van der Waals surface area (Å²) in [5.74, 6) is 0. The molecule has 0 amide bonds. The molecule has 0 N–H and O–H groups in total. The van der Waals surface area contributed by atoms with Crippen LogP contribution in [0.2, 0.25) is 0 Å². The molecule has 6 aromatic rings. The van der Waals surface area contributed by atoms with Crippen molar-refractivity contribution in [3.8, 4) is 11.1 Å². The Balaban J connectivity index is 1.61. The summed E-state index contributed by atoms with van der Waals surface area (Å²) in [6.07, 6.45) is 0. The minimum absolute atomic E-state index is 0.658. The minimum atomic E-state index is 0.658. The van der Waals surface area contributed by atoms with Crippen LogP contribution < -0.4 is 19.8 Å². The second-order valence-corrected chi connectivity index (χ2v) is 13.1. The molecule has 0 aliphatic carbocycles. The van der Waals surface area contributed by atoms with Gasteiger partial charge < -0.3 is 0 Å². The van der Waals surface area contributed by atoms with Gasteiger partial charge in [0.2, 0.25) is 0 Å². The fourth-order valence-corrected chi connectivity index (χ4v) is 9.78. The van der Waals surface area contributed by atoms with Crippen molar-refractivity contribution in [1.29, 1.82) is 0 Å². The summed E-state index contributed by atoms with van der Waals surface area (Å²) in [5.41, 5.74) is 2.90. The smallest absolute Gasteiger partial charge is 0.0383 e. The zero-order valence-electron chi connectivity index (χ0n) is 17.2. The van der Waals surface area contributed by atoms with Crippen LogP contribution in [0.25, 0.3) is 31.3 Å². The first-order valence-electron chi connectivity index (χ1n) is 10.5. The molecule has 6 rings (SSSR count). The second-order valence-electron chi connectivity index (χ2n) is 7.59. The number of benzene rings is 4. The first kappa shape index (κ1) is 20.3. The van der Waals surface area contributed by atoms with Crippen molar-refractivity contribution in [2.45, 2.75) is 0 Å². The van der Waals surface area contributed by atoms with Crippen LogP contribution in [0.5, 0.6) is 0 Å². The summed E-state index contributed by atoms with van der Waals surface area (Å²) < 4.78 is 5.73. The summed E-state index contributed by atoms with van der Waals surface area (Å²) in [7, 11) is 1.32. The highest BCUT2D eigenvalue weighted by molar-refractivity contribution is 7.65. The van der Waals surface area contributed by atoms with E-state index in [-0.39, 0.29) is 0 Å². The fourth-order valence-electron chi connectivity index (χ4n) is 4.07. The van der Waals surface area contributed by atoms with E-state index in [9.17, 15) is 0 Å². The molecule has 2 unspecified atom stereocenters. The number of thiophene rings is 2. The van der Waals surface area contributed by atoms with Gasteiger partial charge in [0.05, 0.1) is 0 Å². The van der Waals surface area contributed by atoms with E-state index in [4.69, 9.17) is 0 Å². The summed E-state index contributed by atoms with van der Waals surface area (Å²) in [6, 6.07) is 39.7. The van der Waals surface area contributed by atoms with Crippen LogP contribution >= 0.6 is 39.8 Å². The average Bonchev–Trinajstić information content (AvgIpc) is 3.37. The Hall–Kier alpha value is -2.34. The molecule has 4 aromatic carbocycles. The Morgan fingerprint density at radius 1 is 0.406 bits per heavy atom. The highest BCUT2D eigenvalue weighted by Gasteiger charge is 2.21. The summed E-state index contributed by atoms with van der Waals surface area (Å²) in [6.45, 7) is 0. The lowest BCUT2D eigenvalue weighted by Gasteiger charge is -2.09. The molecule has 0 radical (unpaired) electrons. The van der Waals surface area contributed by atoms with Gasteiger partial charge in [-0.1, -0.05) is 97.1 Å². The Labute approximate surface area is 199 Å². The van der Waals surface area contributed by atoms with Gasteiger partial charge in [0.15, 0.2) is 0 Å². The lowest BCUT2D eigenvalue weighted by molar-refractivity contribution is 1.78. The highest BCUT2D eigenvalue weighted by atomic mass is 32.1. The molecule has 0 saturated heterocycles. The van der Waals surface area contributed by atoms with Crippen LogP contribution in [0.15, 0.2) is 109 Å². The zero-order chi connectivity index (χ0) is 21.3. The molecular formula is C28H20P2S2. The van der Waals surface area contributed by atoms with Gasteiger partial charge in [0.1, 0.15) is 0 Å². The highest BCUT2D eigenvalue weighted by Crippen LogP contribution is 2.43. The molecule has 32 heavy (non-hydrogen) atoms. The first-order valence-corrected chi connectivity index (χ1v) is 14.2. The Kier molecular flexibility index (Phi) is 5.63. The molecule has 0 nitrogen and oxygen atoms in total. The van der Waals surface area contributed by atoms with Gasteiger partial charge in [0.25, 0.3) is 0 Å². The normalized spacial score (nSPS) is 12.1. The monoisotopic (exact) mass is 482 g/mol. The number of rotatable bonds is 5. The Morgan fingerprint density at radius 2 is 0.781 bits per heavy atom. The largest absolute Gasteiger partial charge is 0.135 e. The van der Waals surface area contributed by atoms with Crippen LogP contribution in [-0.2, 0) is 0 Å². The molecule has 0 bridgehead atoms. The fraction of sp³-hybridized carbons (Fsp3) is 0. The van der Waals surface area contributed by atoms with Gasteiger partial charge >= 0.3 is 0 Å². The predicted molar refractivity (Wildman–Crippen MR) is 151 cm³/mol. The molecule has 0 saturated carbocycles. The third-order valence-electron chi connectivity index (χ3n) is 5.50. The zero-order valence-corrected chi connectivity index (χ0v) is 20.8. The quantitative estimate of drug-likeness (QED) is 0.231. The topological polar surface area (TPSA) is 0 Å². The van der Waals surface area contributed by atoms with Crippen molar-refractivity contribution in [3.63, 3.8) is 0 Å². The van der Waals surface area contributed by atoms with Gasteiger partial charge in [-0.05, 0) is 39.9 Å². The van der Waals surface area contributed by atoms with Gasteiger partial charge in [-0.2, -0.15) is 0 Å². The van der Waals surface area contributed by atoms with Crippen molar-refractivity contribution in [3.05, 3.63) is 109 Å². The van der Waals surface area contributed by atoms with Gasteiger partial charge in [-0.25, -0.2) is 0 Å². The molecule has 2 heterocycles. The SMILES string of the molecule is c1ccc(Pc2sc3ccccc3c2-c2c(Pc3ccccc3)sc3ccccc23)cc1. The lowest BCUT2D eigenvalue weighted by Crippen LogP contribution is -2.06. The van der Waals surface area contributed by atoms with E-state index in [2.05, 4.69) is 109 Å². The van der Waals surface area contributed by atoms with E-state index in [0.29, 0.717) is 17.2 Å². The van der Waals surface area contributed by atoms with Crippen LogP contribution in [0.4, 0.5) is 0 Å². The van der Waals surface area contributed by atoms with E-state index < -0.39 is 0 Å². The molecule has 2 atom stereocenters. The van der Waals surface area contributed by atoms with Crippen molar-refractivity contribution >= 4 is 79.9 Å². The summed E-state index contributed by atoms with van der Waals surface area (Å²) in [5, 5.41) is 5.57. The van der Waals surface area contributed by atoms with E-state index in [1.165, 1.54) is 51.1 Å². The molecule has 2 aromatic heterocycles. The third-order valence-corrected chi connectivity index (χ3v) is 10.9. The van der Waals surface area contributed by atoms with Crippen LogP contribution in [-0.4, -0.2) is 0 Å². The molecule has 0 fully saturated rings. The van der Waals surface area contributed by atoms with Gasteiger partial charge in [-0.3, -0.25) is 0 Å². The van der Waals surface area contributed by atoms with Crippen molar-refractivity contribution < 1.29 is 0 Å². The number of hydrogen-bond acceptors (Lipinski definition) is 2. The standard InChI is InChI=1S/C28H20P2S2/c1-3-11-19(12-4-1)29-27-25(21-15-7-9-17-23(21)31-27)26-22-16-8-10-18-24(22)32-28(26)30-20-13-5-2-6-14-20/h1-18,29-30H. The van der Waals surface area contributed by atoms with Gasteiger partial charge in [-0.15, -0.1) is 22.7 Å². The predicted octanol–water partition coefficient (Wildman–Crippen LogP) is 7.04. The first-order chi connectivity index (χ1) is 15.9. The molecular weight excluding hydrogens is 462 g/mol. The van der Waals surface area contributed by atoms with Crippen LogP contribution in [0.3, 0.4) is 0 Å². The average molecular weight is 483 g/mol. The second kappa shape index (κ2) is 8.89. The van der Waals surface area contributed by atoms with E-state index in [1.54, 1.807) is 0 Å². The maximum absolute atomic E-state index is 2.31. The number of hydrogen-bond donors (Lipinski definition) is 0. The maximum Gasteiger partial charge on any atom is 0.0383 e. The maximum atomic E-state index is 2.31. The summed E-state index contributed by atoms with van der Waals surface area (Å²) in [4.78, 5) is 0. The Bertz CT molecular complexity index is 1400. The molecule has 0 aliphatic heterocycles. The van der Waals surface area contributed by atoms with Gasteiger partial charge in [0, 0.05) is 40.5 Å². The van der Waals surface area contributed by atoms with E-state index >= 15 is 0 Å². The number of fused-ring (bicyclic) bond motifs is 2. The Morgan fingerprint density at radius 3 is 1.22 bits per heavy atom. The molecule has 4 heteroatoms. The molecule has 0 aliphatic rings. The van der Waals surface area contributed by atoms with Crippen LogP contribution in [0.1, 0.15) is 0 Å². The summed E-state index contributed by atoms with van der Waals surface area (Å²) >= 11 is 3.92. The van der Waals surface area contributed by atoms with Crippen molar-refractivity contribution in [1.82, 2.24) is 0 Å². The third kappa shape index (κ3) is 3.83. The van der Waals surface area contributed by atoms with Crippen molar-refractivity contribution in [2.24, 2.45) is 0 Å². The van der Waals surface area contributed by atoms with Crippen molar-refractivity contribution in [2.75, 3.05) is 0 Å². The molecule has 0 spiro atoms. The van der Waals surface area contributed by atoms with Crippen LogP contribution in [0, 0.1) is 0 Å².